The van der Waals surface area contributed by atoms with Gasteiger partial charge >= 0.3 is 0 Å². The summed E-state index contributed by atoms with van der Waals surface area (Å²) in [6.07, 6.45) is 0.894. The van der Waals surface area contributed by atoms with Crippen molar-refractivity contribution in [3.05, 3.63) is 0 Å². The van der Waals surface area contributed by atoms with Crippen LogP contribution in [-0.4, -0.2) is 30.9 Å². The van der Waals surface area contributed by atoms with E-state index in [0.717, 1.165) is 23.6 Å². The van der Waals surface area contributed by atoms with Crippen LogP contribution in [0.15, 0.2) is 5.10 Å². The Bertz CT molecular complexity index is 288. The zero-order chi connectivity index (χ0) is 9.90. The Morgan fingerprint density at radius 2 is 2.23 bits per heavy atom. The van der Waals surface area contributed by atoms with Gasteiger partial charge in [0.15, 0.2) is 0 Å². The summed E-state index contributed by atoms with van der Waals surface area (Å²) in [5.74, 6) is 1.89. The summed E-state index contributed by atoms with van der Waals surface area (Å²) in [5, 5.41) is 3.45. The Hall–Kier alpha value is -0.230. The molecule has 0 spiro atoms. The van der Waals surface area contributed by atoms with E-state index in [9.17, 15) is 8.42 Å². The maximum Gasteiger partial charge on any atom is 0.249 e. The van der Waals surface area contributed by atoms with Crippen molar-refractivity contribution >= 4 is 27.5 Å². The Labute approximate surface area is 83.2 Å². The molecule has 1 heterocycles. The molecule has 1 saturated heterocycles. The number of nitrogens with zero attached hydrogens (tertiary/aromatic N) is 1. The van der Waals surface area contributed by atoms with E-state index in [-0.39, 0.29) is 0 Å². The highest BCUT2D eigenvalue weighted by Gasteiger charge is 2.15. The van der Waals surface area contributed by atoms with Crippen LogP contribution in [0.2, 0.25) is 0 Å². The normalized spacial score (nSPS) is 21.3. The highest BCUT2D eigenvalue weighted by Crippen LogP contribution is 2.13. The maximum absolute atomic E-state index is 11.3. The van der Waals surface area contributed by atoms with Crippen LogP contribution in [0.1, 0.15) is 20.3 Å². The second kappa shape index (κ2) is 4.32. The van der Waals surface area contributed by atoms with E-state index in [2.05, 4.69) is 9.93 Å². The van der Waals surface area contributed by atoms with Gasteiger partial charge in [0, 0.05) is 11.5 Å². The van der Waals surface area contributed by atoms with E-state index >= 15 is 0 Å². The summed E-state index contributed by atoms with van der Waals surface area (Å²) in [6, 6.07) is 0. The molecule has 0 saturated carbocycles. The summed E-state index contributed by atoms with van der Waals surface area (Å²) in [4.78, 5) is 2.25. The first kappa shape index (κ1) is 10.8. The fraction of sp³-hybridized carbons (Fsp3) is 0.857. The number of hydrazone groups is 1. The summed E-state index contributed by atoms with van der Waals surface area (Å²) < 4.78 is 22.5. The SMILES string of the molecule is CC(C)S(=O)(=O)N/N=C1\CCSC1. The second-order valence-electron chi connectivity index (χ2n) is 3.17. The average Bonchev–Trinajstić information content (AvgIpc) is 2.52. The lowest BCUT2D eigenvalue weighted by molar-refractivity contribution is 0.575. The lowest BCUT2D eigenvalue weighted by Crippen LogP contribution is -2.27. The largest absolute Gasteiger partial charge is 0.249 e. The van der Waals surface area contributed by atoms with Crippen molar-refractivity contribution in [2.45, 2.75) is 25.5 Å². The van der Waals surface area contributed by atoms with Crippen molar-refractivity contribution < 1.29 is 8.42 Å². The van der Waals surface area contributed by atoms with Crippen LogP contribution in [0.4, 0.5) is 0 Å². The topological polar surface area (TPSA) is 58.5 Å². The van der Waals surface area contributed by atoms with Crippen LogP contribution >= 0.6 is 11.8 Å². The van der Waals surface area contributed by atoms with Crippen molar-refractivity contribution in [1.29, 1.82) is 0 Å². The standard InChI is InChI=1S/C7H14N2O2S2/c1-6(2)13(10,11)9-8-7-3-4-12-5-7/h6,9H,3-5H2,1-2H3/b8-7+. The van der Waals surface area contributed by atoms with E-state index < -0.39 is 15.3 Å². The van der Waals surface area contributed by atoms with Gasteiger partial charge in [-0.1, -0.05) is 0 Å². The van der Waals surface area contributed by atoms with Crippen LogP contribution < -0.4 is 4.83 Å². The van der Waals surface area contributed by atoms with Gasteiger partial charge in [-0.15, -0.1) is 0 Å². The number of thioether (sulfide) groups is 1. The third kappa shape index (κ3) is 3.19. The Balaban J connectivity index is 2.54. The quantitative estimate of drug-likeness (QED) is 0.719. The molecule has 0 atom stereocenters. The average molecular weight is 222 g/mol. The number of hydrogen-bond acceptors (Lipinski definition) is 4. The highest BCUT2D eigenvalue weighted by atomic mass is 32.2. The van der Waals surface area contributed by atoms with E-state index in [1.165, 1.54) is 0 Å². The van der Waals surface area contributed by atoms with Crippen molar-refractivity contribution in [3.63, 3.8) is 0 Å². The number of rotatable bonds is 3. The van der Waals surface area contributed by atoms with E-state index in [0.29, 0.717) is 0 Å². The van der Waals surface area contributed by atoms with Crippen LogP contribution in [0.3, 0.4) is 0 Å². The molecular weight excluding hydrogens is 208 g/mol. The molecule has 0 radical (unpaired) electrons. The molecule has 13 heavy (non-hydrogen) atoms. The molecule has 0 aromatic carbocycles. The Morgan fingerprint density at radius 3 is 2.69 bits per heavy atom. The van der Waals surface area contributed by atoms with E-state index in [1.807, 2.05) is 0 Å². The molecule has 6 heteroatoms. The molecule has 0 unspecified atom stereocenters. The van der Waals surface area contributed by atoms with Crippen molar-refractivity contribution in [2.75, 3.05) is 11.5 Å². The zero-order valence-corrected chi connectivity index (χ0v) is 9.41. The molecule has 1 aliphatic rings. The number of sulfonamides is 1. The molecule has 0 amide bonds. The summed E-state index contributed by atoms with van der Waals surface area (Å²) in [6.45, 7) is 3.26. The maximum atomic E-state index is 11.3. The third-order valence-electron chi connectivity index (χ3n) is 1.76. The van der Waals surface area contributed by atoms with Gasteiger partial charge in [-0.05, 0) is 26.0 Å². The van der Waals surface area contributed by atoms with Crippen LogP contribution in [0.25, 0.3) is 0 Å². The number of hydrogen-bond donors (Lipinski definition) is 1. The fourth-order valence-corrected chi connectivity index (χ4v) is 2.21. The van der Waals surface area contributed by atoms with Crippen LogP contribution in [-0.2, 0) is 10.0 Å². The summed E-state index contributed by atoms with van der Waals surface area (Å²) in [7, 11) is -3.23. The smallest absolute Gasteiger partial charge is 0.205 e. The summed E-state index contributed by atoms with van der Waals surface area (Å²) in [5.41, 5.74) is 0.939. The van der Waals surface area contributed by atoms with Crippen LogP contribution in [0.5, 0.6) is 0 Å². The first-order valence-corrected chi connectivity index (χ1v) is 6.86. The van der Waals surface area contributed by atoms with Gasteiger partial charge in [-0.25, -0.2) is 13.2 Å². The minimum Gasteiger partial charge on any atom is -0.205 e. The molecule has 76 valence electrons. The molecule has 0 aromatic rings. The predicted octanol–water partition coefficient (Wildman–Crippen LogP) is 0.807. The van der Waals surface area contributed by atoms with Gasteiger partial charge in [0.2, 0.25) is 10.0 Å². The van der Waals surface area contributed by atoms with Gasteiger partial charge in [-0.2, -0.15) is 16.9 Å². The summed E-state index contributed by atoms with van der Waals surface area (Å²) >= 11 is 1.78. The molecule has 1 N–H and O–H groups in total. The zero-order valence-electron chi connectivity index (χ0n) is 7.78. The predicted molar refractivity (Wildman–Crippen MR) is 56.6 cm³/mol. The first-order chi connectivity index (χ1) is 6.02. The monoisotopic (exact) mass is 222 g/mol. The van der Waals surface area contributed by atoms with Gasteiger partial charge in [0.1, 0.15) is 0 Å². The Kier molecular flexibility index (Phi) is 3.61. The molecule has 1 fully saturated rings. The van der Waals surface area contributed by atoms with E-state index in [4.69, 9.17) is 0 Å². The van der Waals surface area contributed by atoms with Gasteiger partial charge in [0.25, 0.3) is 0 Å². The van der Waals surface area contributed by atoms with E-state index in [1.54, 1.807) is 25.6 Å². The molecule has 0 bridgehead atoms. The lowest BCUT2D eigenvalue weighted by atomic mass is 10.3. The van der Waals surface area contributed by atoms with Crippen molar-refractivity contribution in [2.24, 2.45) is 5.10 Å². The lowest BCUT2D eigenvalue weighted by Gasteiger charge is -2.06. The minimum absolute atomic E-state index is 0.425. The molecular formula is C7H14N2O2S2. The molecule has 1 rings (SSSR count). The molecule has 4 nitrogen and oxygen atoms in total. The first-order valence-electron chi connectivity index (χ1n) is 4.16. The van der Waals surface area contributed by atoms with Gasteiger partial charge in [-0.3, -0.25) is 0 Å². The third-order valence-corrected chi connectivity index (χ3v) is 4.37. The molecule has 0 aromatic heterocycles. The molecule has 0 aliphatic carbocycles. The minimum atomic E-state index is -3.23. The Morgan fingerprint density at radius 1 is 1.54 bits per heavy atom. The number of nitrogens with one attached hydrogen (secondary N) is 1. The fourth-order valence-electron chi connectivity index (χ4n) is 0.774. The van der Waals surface area contributed by atoms with Gasteiger partial charge in [0.05, 0.1) is 5.25 Å². The highest BCUT2D eigenvalue weighted by molar-refractivity contribution is 8.00. The van der Waals surface area contributed by atoms with Crippen LogP contribution in [0, 0.1) is 0 Å². The van der Waals surface area contributed by atoms with Crippen molar-refractivity contribution in [3.8, 4) is 0 Å². The van der Waals surface area contributed by atoms with Crippen molar-refractivity contribution in [1.82, 2.24) is 4.83 Å². The second-order valence-corrected chi connectivity index (χ2v) is 6.49. The molecule has 1 aliphatic heterocycles. The van der Waals surface area contributed by atoms with Gasteiger partial charge < -0.3 is 0 Å².